The van der Waals surface area contributed by atoms with E-state index in [1.54, 1.807) is 0 Å². The summed E-state index contributed by atoms with van der Waals surface area (Å²) < 4.78 is 43.1. The fourth-order valence-corrected chi connectivity index (χ4v) is 1.64. The van der Waals surface area contributed by atoms with E-state index in [4.69, 9.17) is 9.84 Å². The standard InChI is InChI=1S/C10H15F3N2O4/c1-9(7(16)17,10(11,12)13)14-8(18)15-4-3-6(5-15)19-2/h6H,3-5H2,1-2H3,(H,14,18)(H,16,17). The van der Waals surface area contributed by atoms with E-state index in [1.165, 1.54) is 12.4 Å². The van der Waals surface area contributed by atoms with Gasteiger partial charge in [0.05, 0.1) is 6.10 Å². The molecule has 0 bridgehead atoms. The van der Waals surface area contributed by atoms with Crippen LogP contribution in [0.4, 0.5) is 18.0 Å². The van der Waals surface area contributed by atoms with E-state index < -0.39 is 23.7 Å². The van der Waals surface area contributed by atoms with Gasteiger partial charge < -0.3 is 20.1 Å². The Labute approximate surface area is 107 Å². The van der Waals surface area contributed by atoms with E-state index in [9.17, 15) is 22.8 Å². The van der Waals surface area contributed by atoms with Crippen LogP contribution in [0.15, 0.2) is 0 Å². The lowest BCUT2D eigenvalue weighted by atomic mass is 10.0. The molecule has 0 aliphatic carbocycles. The molecule has 110 valence electrons. The molecule has 0 saturated carbocycles. The third kappa shape index (κ3) is 3.09. The summed E-state index contributed by atoms with van der Waals surface area (Å²) in [6.45, 7) is 0.769. The van der Waals surface area contributed by atoms with Crippen LogP contribution in [0.25, 0.3) is 0 Å². The van der Waals surface area contributed by atoms with E-state index in [-0.39, 0.29) is 19.2 Å². The lowest BCUT2D eigenvalue weighted by Gasteiger charge is -2.30. The Bertz CT molecular complexity index is 374. The van der Waals surface area contributed by atoms with Crippen molar-refractivity contribution in [1.29, 1.82) is 0 Å². The second-order valence-corrected chi connectivity index (χ2v) is 4.45. The van der Waals surface area contributed by atoms with E-state index in [2.05, 4.69) is 0 Å². The summed E-state index contributed by atoms with van der Waals surface area (Å²) in [6, 6.07) is -1.07. The van der Waals surface area contributed by atoms with E-state index in [0.29, 0.717) is 13.3 Å². The number of nitrogens with one attached hydrogen (secondary N) is 1. The molecule has 0 aromatic carbocycles. The normalized spacial score (nSPS) is 23.0. The van der Waals surface area contributed by atoms with Crippen molar-refractivity contribution in [2.45, 2.75) is 31.2 Å². The number of likely N-dealkylation sites (tertiary alicyclic amines) is 1. The van der Waals surface area contributed by atoms with Gasteiger partial charge >= 0.3 is 18.2 Å². The number of carboxylic acid groups (broad SMARTS) is 1. The lowest BCUT2D eigenvalue weighted by Crippen LogP contribution is -2.63. The molecule has 2 N–H and O–H groups in total. The number of methoxy groups -OCH3 is 1. The van der Waals surface area contributed by atoms with Crippen molar-refractivity contribution in [3.63, 3.8) is 0 Å². The molecule has 0 aromatic heterocycles. The largest absolute Gasteiger partial charge is 0.479 e. The van der Waals surface area contributed by atoms with Crippen LogP contribution in [-0.2, 0) is 9.53 Å². The first kappa shape index (κ1) is 15.5. The van der Waals surface area contributed by atoms with Gasteiger partial charge in [-0.2, -0.15) is 13.2 Å². The van der Waals surface area contributed by atoms with Gasteiger partial charge in [0.25, 0.3) is 0 Å². The maximum absolute atomic E-state index is 12.7. The molecule has 2 unspecified atom stereocenters. The molecule has 1 aliphatic heterocycles. The van der Waals surface area contributed by atoms with Gasteiger partial charge in [-0.15, -0.1) is 0 Å². The number of halogens is 3. The highest BCUT2D eigenvalue weighted by Crippen LogP contribution is 2.30. The van der Waals surface area contributed by atoms with Gasteiger partial charge in [-0.25, -0.2) is 9.59 Å². The Hall–Kier alpha value is -1.51. The molecule has 6 nitrogen and oxygen atoms in total. The highest BCUT2D eigenvalue weighted by Gasteiger charge is 2.59. The second-order valence-electron chi connectivity index (χ2n) is 4.45. The molecular weight excluding hydrogens is 269 g/mol. The van der Waals surface area contributed by atoms with Gasteiger partial charge in [0, 0.05) is 20.2 Å². The number of carbonyl (C=O) groups is 2. The predicted octanol–water partition coefficient (Wildman–Crippen LogP) is 0.822. The number of hydrogen-bond donors (Lipinski definition) is 2. The van der Waals surface area contributed by atoms with Crippen LogP contribution >= 0.6 is 0 Å². The average molecular weight is 284 g/mol. The van der Waals surface area contributed by atoms with Crippen LogP contribution in [0, 0.1) is 0 Å². The minimum absolute atomic E-state index is 0.135. The highest BCUT2D eigenvalue weighted by atomic mass is 19.4. The zero-order valence-electron chi connectivity index (χ0n) is 10.5. The molecular formula is C10H15F3N2O4. The Morgan fingerprint density at radius 1 is 1.42 bits per heavy atom. The van der Waals surface area contributed by atoms with E-state index in [0.717, 1.165) is 4.90 Å². The number of carboxylic acids is 1. The molecule has 2 amide bonds. The number of rotatable bonds is 3. The third-order valence-corrected chi connectivity index (χ3v) is 3.12. The number of alkyl halides is 3. The van der Waals surface area contributed by atoms with Crippen molar-refractivity contribution >= 4 is 12.0 Å². The van der Waals surface area contributed by atoms with Gasteiger partial charge in [-0.05, 0) is 13.3 Å². The first-order chi connectivity index (χ1) is 8.61. The van der Waals surface area contributed by atoms with Crippen LogP contribution in [0.5, 0.6) is 0 Å². The van der Waals surface area contributed by atoms with Crippen LogP contribution in [0.2, 0.25) is 0 Å². The number of nitrogens with zero attached hydrogens (tertiary/aromatic N) is 1. The zero-order chi connectivity index (χ0) is 14.8. The van der Waals surface area contributed by atoms with Crippen LogP contribution in [0.3, 0.4) is 0 Å². The third-order valence-electron chi connectivity index (χ3n) is 3.12. The molecule has 0 spiro atoms. The maximum atomic E-state index is 12.7. The molecule has 2 atom stereocenters. The SMILES string of the molecule is COC1CCN(C(=O)NC(C)(C(=O)O)C(F)(F)F)C1. The van der Waals surface area contributed by atoms with Crippen molar-refractivity contribution < 1.29 is 32.6 Å². The van der Waals surface area contributed by atoms with Gasteiger partial charge in [0.15, 0.2) is 0 Å². The molecule has 1 rings (SSSR count). The number of amides is 2. The minimum Gasteiger partial charge on any atom is -0.479 e. The topological polar surface area (TPSA) is 78.9 Å². The van der Waals surface area contributed by atoms with Crippen molar-refractivity contribution in [1.82, 2.24) is 10.2 Å². The molecule has 19 heavy (non-hydrogen) atoms. The summed E-state index contributed by atoms with van der Waals surface area (Å²) in [5, 5.41) is 10.2. The predicted molar refractivity (Wildman–Crippen MR) is 57.6 cm³/mol. The fourth-order valence-electron chi connectivity index (χ4n) is 1.64. The van der Waals surface area contributed by atoms with E-state index in [1.807, 2.05) is 0 Å². The molecule has 1 saturated heterocycles. The number of urea groups is 1. The molecule has 1 heterocycles. The Kier molecular flexibility index (Phi) is 4.28. The molecule has 1 aliphatic rings. The van der Waals surface area contributed by atoms with Crippen molar-refractivity contribution in [3.05, 3.63) is 0 Å². The van der Waals surface area contributed by atoms with Crippen LogP contribution < -0.4 is 5.32 Å². The Balaban J connectivity index is 2.77. The minimum atomic E-state index is -5.09. The van der Waals surface area contributed by atoms with Crippen LogP contribution in [-0.4, -0.2) is 60.0 Å². The summed E-state index contributed by atoms with van der Waals surface area (Å²) >= 11 is 0. The van der Waals surface area contributed by atoms with Gasteiger partial charge in [-0.3, -0.25) is 0 Å². The summed E-state index contributed by atoms with van der Waals surface area (Å²) in [5.41, 5.74) is -3.31. The highest BCUT2D eigenvalue weighted by molar-refractivity contribution is 5.86. The first-order valence-corrected chi connectivity index (χ1v) is 5.52. The zero-order valence-corrected chi connectivity index (χ0v) is 10.5. The van der Waals surface area contributed by atoms with Crippen molar-refractivity contribution in [2.24, 2.45) is 0 Å². The molecule has 9 heteroatoms. The second kappa shape index (κ2) is 5.24. The Morgan fingerprint density at radius 2 is 2.00 bits per heavy atom. The quantitative estimate of drug-likeness (QED) is 0.804. The van der Waals surface area contributed by atoms with E-state index >= 15 is 0 Å². The molecule has 0 aromatic rings. The number of ether oxygens (including phenoxy) is 1. The number of hydrogen-bond acceptors (Lipinski definition) is 3. The lowest BCUT2D eigenvalue weighted by molar-refractivity contribution is -0.203. The summed E-state index contributed by atoms with van der Waals surface area (Å²) in [4.78, 5) is 23.5. The van der Waals surface area contributed by atoms with Crippen LogP contribution in [0.1, 0.15) is 13.3 Å². The number of aliphatic carboxylic acids is 1. The molecule has 0 radical (unpaired) electrons. The fraction of sp³-hybridized carbons (Fsp3) is 0.800. The van der Waals surface area contributed by atoms with Crippen molar-refractivity contribution in [3.8, 4) is 0 Å². The van der Waals surface area contributed by atoms with Gasteiger partial charge in [0.2, 0.25) is 5.54 Å². The average Bonchev–Trinajstić information content (AvgIpc) is 2.75. The summed E-state index contributed by atoms with van der Waals surface area (Å²) in [6.07, 6.45) is -4.83. The summed E-state index contributed by atoms with van der Waals surface area (Å²) in [7, 11) is 1.43. The maximum Gasteiger partial charge on any atom is 0.422 e. The molecule has 1 fully saturated rings. The number of carbonyl (C=O) groups excluding carboxylic acids is 1. The van der Waals surface area contributed by atoms with Gasteiger partial charge in [-0.1, -0.05) is 0 Å². The van der Waals surface area contributed by atoms with Gasteiger partial charge in [0.1, 0.15) is 0 Å². The summed E-state index contributed by atoms with van der Waals surface area (Å²) in [5.74, 6) is -2.16. The van der Waals surface area contributed by atoms with Crippen molar-refractivity contribution in [2.75, 3.05) is 20.2 Å². The monoisotopic (exact) mass is 284 g/mol. The first-order valence-electron chi connectivity index (χ1n) is 5.52. The smallest absolute Gasteiger partial charge is 0.422 e. The Morgan fingerprint density at radius 3 is 2.37 bits per heavy atom.